The maximum absolute atomic E-state index is 12.3. The summed E-state index contributed by atoms with van der Waals surface area (Å²) in [6, 6.07) is 12.1. The molecule has 3 rings (SSSR count). The van der Waals surface area contributed by atoms with Crippen LogP contribution in [0.2, 0.25) is 0 Å². The molecule has 1 unspecified atom stereocenters. The molecule has 0 saturated heterocycles. The minimum Gasteiger partial charge on any atom is -0.486 e. The molecule has 130 valence electrons. The van der Waals surface area contributed by atoms with Gasteiger partial charge in [0.25, 0.3) is 5.91 Å². The van der Waals surface area contributed by atoms with Crippen LogP contribution in [0, 0.1) is 17.2 Å². The van der Waals surface area contributed by atoms with Gasteiger partial charge >= 0.3 is 0 Å². The van der Waals surface area contributed by atoms with Crippen LogP contribution in [0.5, 0.6) is 5.75 Å². The number of nitrogens with one attached hydrogen (secondary N) is 1. The SMILES string of the molecule is CC(CO)(NC(=O)c1ccc(COc2ccc(C#N)cc2)o1)C1CC1. The summed E-state index contributed by atoms with van der Waals surface area (Å²) >= 11 is 0. The van der Waals surface area contributed by atoms with E-state index in [9.17, 15) is 9.90 Å². The first-order chi connectivity index (χ1) is 12.0. The molecule has 6 heteroatoms. The van der Waals surface area contributed by atoms with Gasteiger partial charge in [-0.1, -0.05) is 0 Å². The fourth-order valence-corrected chi connectivity index (χ4v) is 2.67. The first-order valence-corrected chi connectivity index (χ1v) is 8.19. The molecule has 0 aliphatic heterocycles. The Morgan fingerprint density at radius 3 is 2.68 bits per heavy atom. The van der Waals surface area contributed by atoms with Crippen LogP contribution in [0.15, 0.2) is 40.8 Å². The minimum atomic E-state index is -0.608. The Hall–Kier alpha value is -2.78. The van der Waals surface area contributed by atoms with E-state index in [1.54, 1.807) is 36.4 Å². The fourth-order valence-electron chi connectivity index (χ4n) is 2.67. The molecular formula is C19H20N2O4. The molecule has 0 radical (unpaired) electrons. The smallest absolute Gasteiger partial charge is 0.287 e. The van der Waals surface area contributed by atoms with Gasteiger partial charge in [-0.25, -0.2) is 0 Å². The zero-order valence-electron chi connectivity index (χ0n) is 14.0. The van der Waals surface area contributed by atoms with E-state index >= 15 is 0 Å². The van der Waals surface area contributed by atoms with Crippen LogP contribution in [0.1, 0.15) is 41.6 Å². The molecule has 1 saturated carbocycles. The number of ether oxygens (including phenoxy) is 1. The van der Waals surface area contributed by atoms with E-state index in [0.29, 0.717) is 23.0 Å². The molecule has 1 atom stereocenters. The van der Waals surface area contributed by atoms with E-state index in [2.05, 4.69) is 5.32 Å². The van der Waals surface area contributed by atoms with Crippen LogP contribution in [0.25, 0.3) is 0 Å². The summed E-state index contributed by atoms with van der Waals surface area (Å²) in [6.07, 6.45) is 2.03. The van der Waals surface area contributed by atoms with Crippen molar-refractivity contribution in [3.63, 3.8) is 0 Å². The second-order valence-electron chi connectivity index (χ2n) is 6.49. The number of hydrogen-bond acceptors (Lipinski definition) is 5. The van der Waals surface area contributed by atoms with E-state index in [1.807, 2.05) is 13.0 Å². The number of aliphatic hydroxyl groups is 1. The number of aliphatic hydroxyl groups excluding tert-OH is 1. The zero-order valence-corrected chi connectivity index (χ0v) is 14.0. The number of carbonyl (C=O) groups excluding carboxylic acids is 1. The monoisotopic (exact) mass is 340 g/mol. The first kappa shape index (κ1) is 17.1. The van der Waals surface area contributed by atoms with Gasteiger partial charge in [-0.15, -0.1) is 0 Å². The number of furan rings is 1. The van der Waals surface area contributed by atoms with Crippen molar-refractivity contribution < 1.29 is 19.1 Å². The number of nitrogens with zero attached hydrogens (tertiary/aromatic N) is 1. The molecule has 1 aromatic carbocycles. The third kappa shape index (κ3) is 4.01. The Morgan fingerprint density at radius 2 is 2.08 bits per heavy atom. The Bertz CT molecular complexity index is 787. The van der Waals surface area contributed by atoms with Gasteiger partial charge in [0, 0.05) is 0 Å². The van der Waals surface area contributed by atoms with Crippen molar-refractivity contribution in [1.82, 2.24) is 5.32 Å². The van der Waals surface area contributed by atoms with Crippen molar-refractivity contribution in [2.24, 2.45) is 5.92 Å². The zero-order chi connectivity index (χ0) is 17.9. The number of rotatable bonds is 7. The molecule has 1 heterocycles. The molecule has 1 aromatic heterocycles. The largest absolute Gasteiger partial charge is 0.486 e. The Kier molecular flexibility index (Phi) is 4.77. The van der Waals surface area contributed by atoms with Gasteiger partial charge in [0.05, 0.1) is 23.8 Å². The average molecular weight is 340 g/mol. The lowest BCUT2D eigenvalue weighted by Crippen LogP contribution is -2.50. The van der Waals surface area contributed by atoms with Crippen LogP contribution in [-0.2, 0) is 6.61 Å². The number of amides is 1. The summed E-state index contributed by atoms with van der Waals surface area (Å²) < 4.78 is 11.1. The third-order valence-electron chi connectivity index (χ3n) is 4.46. The molecule has 0 bridgehead atoms. The van der Waals surface area contributed by atoms with Crippen LogP contribution in [0.3, 0.4) is 0 Å². The highest BCUT2D eigenvalue weighted by atomic mass is 16.5. The van der Waals surface area contributed by atoms with E-state index in [4.69, 9.17) is 14.4 Å². The van der Waals surface area contributed by atoms with Gasteiger partial charge in [0.1, 0.15) is 18.1 Å². The molecule has 1 aliphatic carbocycles. The van der Waals surface area contributed by atoms with Crippen LogP contribution >= 0.6 is 0 Å². The lowest BCUT2D eigenvalue weighted by Gasteiger charge is -2.28. The van der Waals surface area contributed by atoms with Crippen molar-refractivity contribution in [2.45, 2.75) is 31.9 Å². The van der Waals surface area contributed by atoms with Gasteiger partial charge in [-0.2, -0.15) is 5.26 Å². The van der Waals surface area contributed by atoms with Crippen molar-refractivity contribution in [2.75, 3.05) is 6.61 Å². The first-order valence-electron chi connectivity index (χ1n) is 8.19. The van der Waals surface area contributed by atoms with Crippen LogP contribution in [-0.4, -0.2) is 23.2 Å². The molecular weight excluding hydrogens is 320 g/mol. The van der Waals surface area contributed by atoms with Crippen molar-refractivity contribution >= 4 is 5.91 Å². The highest BCUT2D eigenvalue weighted by molar-refractivity contribution is 5.92. The van der Waals surface area contributed by atoms with Gasteiger partial charge in [0.2, 0.25) is 0 Å². The van der Waals surface area contributed by atoms with Crippen molar-refractivity contribution in [3.8, 4) is 11.8 Å². The Morgan fingerprint density at radius 1 is 1.36 bits per heavy atom. The summed E-state index contributed by atoms with van der Waals surface area (Å²) in [4.78, 5) is 12.3. The Labute approximate surface area is 146 Å². The molecule has 2 N–H and O–H groups in total. The predicted molar refractivity (Wildman–Crippen MR) is 89.9 cm³/mol. The lowest BCUT2D eigenvalue weighted by molar-refractivity contribution is 0.0793. The second-order valence-corrected chi connectivity index (χ2v) is 6.49. The summed E-state index contributed by atoms with van der Waals surface area (Å²) in [5, 5.41) is 21.2. The normalized spacial score (nSPS) is 15.9. The highest BCUT2D eigenvalue weighted by Gasteiger charge is 2.42. The van der Waals surface area contributed by atoms with Gasteiger partial charge in [-0.3, -0.25) is 4.79 Å². The maximum Gasteiger partial charge on any atom is 0.287 e. The van der Waals surface area contributed by atoms with Crippen molar-refractivity contribution in [3.05, 3.63) is 53.5 Å². The fraction of sp³-hybridized carbons (Fsp3) is 0.368. The molecule has 25 heavy (non-hydrogen) atoms. The summed E-state index contributed by atoms with van der Waals surface area (Å²) in [5.74, 6) is 1.30. The molecule has 1 amide bonds. The van der Waals surface area contributed by atoms with E-state index < -0.39 is 5.54 Å². The molecule has 1 aliphatic rings. The van der Waals surface area contributed by atoms with Crippen molar-refractivity contribution in [1.29, 1.82) is 5.26 Å². The van der Waals surface area contributed by atoms with Gasteiger partial charge in [-0.05, 0) is 62.1 Å². The second kappa shape index (κ2) is 6.99. The summed E-state index contributed by atoms with van der Waals surface area (Å²) in [7, 11) is 0. The highest BCUT2D eigenvalue weighted by Crippen LogP contribution is 2.39. The summed E-state index contributed by atoms with van der Waals surface area (Å²) in [6.45, 7) is 1.93. The van der Waals surface area contributed by atoms with E-state index in [0.717, 1.165) is 12.8 Å². The Balaban J connectivity index is 1.58. The lowest BCUT2D eigenvalue weighted by atomic mass is 9.97. The summed E-state index contributed by atoms with van der Waals surface area (Å²) in [5.41, 5.74) is -0.0462. The molecule has 1 fully saturated rings. The third-order valence-corrected chi connectivity index (χ3v) is 4.46. The minimum absolute atomic E-state index is 0.0984. The number of benzene rings is 1. The average Bonchev–Trinajstić information content (AvgIpc) is 3.39. The molecule has 6 nitrogen and oxygen atoms in total. The maximum atomic E-state index is 12.3. The number of hydrogen-bond donors (Lipinski definition) is 2. The number of nitriles is 1. The topological polar surface area (TPSA) is 95.5 Å². The van der Waals surface area contributed by atoms with Gasteiger partial charge < -0.3 is 19.6 Å². The molecule has 0 spiro atoms. The van der Waals surface area contributed by atoms with Crippen LogP contribution in [0.4, 0.5) is 0 Å². The van der Waals surface area contributed by atoms with Crippen LogP contribution < -0.4 is 10.1 Å². The number of carbonyl (C=O) groups is 1. The van der Waals surface area contributed by atoms with Gasteiger partial charge in [0.15, 0.2) is 5.76 Å². The van der Waals surface area contributed by atoms with E-state index in [1.165, 1.54) is 0 Å². The quantitative estimate of drug-likeness (QED) is 0.808. The predicted octanol–water partition coefficient (Wildman–Crippen LogP) is 2.62. The standard InChI is InChI=1S/C19H20N2O4/c1-19(12-22,14-4-5-14)21-18(23)17-9-8-16(25-17)11-24-15-6-2-13(10-20)3-7-15/h2-3,6-9,14,22H,4-5,11-12H2,1H3,(H,21,23). The van der Waals surface area contributed by atoms with E-state index in [-0.39, 0.29) is 24.9 Å². The molecule has 2 aromatic rings.